The quantitative estimate of drug-likeness (QED) is 0.681. The normalized spacial score (nSPS) is 19.2. The van der Waals surface area contributed by atoms with Crippen molar-refractivity contribution in [1.82, 2.24) is 10.1 Å². The third-order valence-electron chi connectivity index (χ3n) is 2.06. The van der Waals surface area contributed by atoms with Crippen LogP contribution in [0.25, 0.3) is 0 Å². The van der Waals surface area contributed by atoms with Crippen LogP contribution >= 0.6 is 0 Å². The fourth-order valence-electron chi connectivity index (χ4n) is 1.05. The summed E-state index contributed by atoms with van der Waals surface area (Å²) in [5.41, 5.74) is -0.182. The van der Waals surface area contributed by atoms with Crippen LogP contribution in [0.4, 0.5) is 6.01 Å². The molecule has 0 bridgehead atoms. The summed E-state index contributed by atoms with van der Waals surface area (Å²) in [5, 5.41) is 15.6. The van der Waals surface area contributed by atoms with E-state index < -0.39 is 0 Å². The van der Waals surface area contributed by atoms with Gasteiger partial charge in [-0.25, -0.2) is 0 Å². The Balaban J connectivity index is 2.04. The van der Waals surface area contributed by atoms with Gasteiger partial charge in [-0.15, -0.1) is 0 Å². The van der Waals surface area contributed by atoms with E-state index in [9.17, 15) is 0 Å². The van der Waals surface area contributed by atoms with Crippen molar-refractivity contribution in [2.75, 3.05) is 11.9 Å². The number of hydrogen-bond donors (Lipinski definition) is 2. The summed E-state index contributed by atoms with van der Waals surface area (Å²) < 4.78 is 4.86. The predicted molar refractivity (Wildman–Crippen MR) is 41.7 cm³/mol. The van der Waals surface area contributed by atoms with Gasteiger partial charge in [0.25, 0.3) is 0 Å². The fourth-order valence-corrected chi connectivity index (χ4v) is 1.05. The van der Waals surface area contributed by atoms with Crippen molar-refractivity contribution in [2.45, 2.75) is 25.3 Å². The molecule has 0 saturated heterocycles. The van der Waals surface area contributed by atoms with E-state index in [1.54, 1.807) is 6.92 Å². The van der Waals surface area contributed by atoms with Crippen LogP contribution in [0.1, 0.15) is 18.7 Å². The van der Waals surface area contributed by atoms with E-state index in [1.807, 2.05) is 0 Å². The van der Waals surface area contributed by atoms with Gasteiger partial charge < -0.3 is 14.9 Å². The maximum Gasteiger partial charge on any atom is 0.321 e. The topological polar surface area (TPSA) is 71.2 Å². The van der Waals surface area contributed by atoms with Crippen molar-refractivity contribution in [3.05, 3.63) is 5.82 Å². The maximum absolute atomic E-state index is 8.97. The molecule has 1 aromatic rings. The largest absolute Gasteiger partial charge is 0.394 e. The van der Waals surface area contributed by atoms with E-state index >= 15 is 0 Å². The molecule has 1 heterocycles. The van der Waals surface area contributed by atoms with Crippen molar-refractivity contribution in [1.29, 1.82) is 0 Å². The van der Waals surface area contributed by atoms with E-state index in [-0.39, 0.29) is 12.1 Å². The van der Waals surface area contributed by atoms with Crippen molar-refractivity contribution in [2.24, 2.45) is 0 Å². The summed E-state index contributed by atoms with van der Waals surface area (Å²) in [6.07, 6.45) is 1.93. The van der Waals surface area contributed by atoms with Crippen molar-refractivity contribution >= 4 is 6.01 Å². The number of anilines is 1. The van der Waals surface area contributed by atoms with E-state index in [0.717, 1.165) is 12.8 Å². The molecule has 1 aliphatic carbocycles. The first-order chi connectivity index (χ1) is 5.74. The molecule has 0 amide bonds. The number of nitrogens with zero attached hydrogens (tertiary/aromatic N) is 2. The SMILES string of the molecule is Cc1noc(NC2(CO)CC2)n1. The van der Waals surface area contributed by atoms with Crippen LogP contribution in [0, 0.1) is 6.92 Å². The average molecular weight is 169 g/mol. The Morgan fingerprint density at radius 2 is 2.42 bits per heavy atom. The molecule has 2 N–H and O–H groups in total. The molecular weight excluding hydrogens is 158 g/mol. The molecule has 1 saturated carbocycles. The van der Waals surface area contributed by atoms with Crippen molar-refractivity contribution < 1.29 is 9.63 Å². The summed E-state index contributed by atoms with van der Waals surface area (Å²) in [4.78, 5) is 3.98. The molecule has 5 heteroatoms. The van der Waals surface area contributed by atoms with Crippen LogP contribution in [0.3, 0.4) is 0 Å². The lowest BCUT2D eigenvalue weighted by molar-refractivity contribution is 0.262. The Hall–Kier alpha value is -1.10. The van der Waals surface area contributed by atoms with Crippen molar-refractivity contribution in [3.63, 3.8) is 0 Å². The van der Waals surface area contributed by atoms with Gasteiger partial charge in [-0.3, -0.25) is 0 Å². The minimum absolute atomic E-state index is 0.119. The van der Waals surface area contributed by atoms with Gasteiger partial charge in [0.2, 0.25) is 0 Å². The van der Waals surface area contributed by atoms with E-state index in [2.05, 4.69) is 15.5 Å². The molecule has 0 spiro atoms. The second-order valence-corrected chi connectivity index (χ2v) is 3.21. The summed E-state index contributed by atoms with van der Waals surface area (Å²) in [7, 11) is 0. The van der Waals surface area contributed by atoms with Gasteiger partial charge in [0, 0.05) is 0 Å². The zero-order valence-electron chi connectivity index (χ0n) is 6.87. The molecule has 0 radical (unpaired) electrons. The number of rotatable bonds is 3. The molecule has 1 aromatic heterocycles. The molecule has 1 fully saturated rings. The highest BCUT2D eigenvalue weighted by atomic mass is 16.5. The smallest absolute Gasteiger partial charge is 0.321 e. The lowest BCUT2D eigenvalue weighted by Gasteiger charge is -2.10. The molecule has 0 unspecified atom stereocenters. The number of aryl methyl sites for hydroxylation is 1. The zero-order chi connectivity index (χ0) is 8.60. The van der Waals surface area contributed by atoms with E-state index in [4.69, 9.17) is 9.63 Å². The van der Waals surface area contributed by atoms with E-state index in [1.165, 1.54) is 0 Å². The van der Waals surface area contributed by atoms with Crippen LogP contribution in [-0.4, -0.2) is 27.4 Å². The van der Waals surface area contributed by atoms with Crippen LogP contribution < -0.4 is 5.32 Å². The minimum Gasteiger partial charge on any atom is -0.394 e. The van der Waals surface area contributed by atoms with Gasteiger partial charge in [0.1, 0.15) is 0 Å². The first-order valence-electron chi connectivity index (χ1n) is 3.93. The second kappa shape index (κ2) is 2.45. The lowest BCUT2D eigenvalue weighted by Crippen LogP contribution is -2.25. The average Bonchev–Trinajstić information content (AvgIpc) is 2.71. The monoisotopic (exact) mass is 169 g/mol. The van der Waals surface area contributed by atoms with Gasteiger partial charge in [-0.1, -0.05) is 5.16 Å². The predicted octanol–water partition coefficient (Wildman–Crippen LogP) is 0.315. The third kappa shape index (κ3) is 1.27. The molecule has 0 aromatic carbocycles. The Morgan fingerprint density at radius 1 is 1.67 bits per heavy atom. The fraction of sp³-hybridized carbons (Fsp3) is 0.714. The Bertz CT molecular complexity index is 280. The van der Waals surface area contributed by atoms with Crippen LogP contribution in [0.2, 0.25) is 0 Å². The van der Waals surface area contributed by atoms with Crippen LogP contribution in [0.15, 0.2) is 4.52 Å². The van der Waals surface area contributed by atoms with Gasteiger partial charge >= 0.3 is 6.01 Å². The zero-order valence-corrected chi connectivity index (χ0v) is 6.87. The third-order valence-corrected chi connectivity index (χ3v) is 2.06. The highest BCUT2D eigenvalue weighted by molar-refractivity contribution is 5.29. The molecule has 2 rings (SSSR count). The van der Waals surface area contributed by atoms with Crippen LogP contribution in [-0.2, 0) is 0 Å². The summed E-state index contributed by atoms with van der Waals surface area (Å²) in [6, 6.07) is 0.402. The Kier molecular flexibility index (Phi) is 1.54. The summed E-state index contributed by atoms with van der Waals surface area (Å²) in [6.45, 7) is 1.88. The highest BCUT2D eigenvalue weighted by Crippen LogP contribution is 2.37. The molecule has 0 aliphatic heterocycles. The second-order valence-electron chi connectivity index (χ2n) is 3.21. The van der Waals surface area contributed by atoms with Crippen molar-refractivity contribution in [3.8, 4) is 0 Å². The molecule has 1 aliphatic rings. The first kappa shape index (κ1) is 7.54. The Morgan fingerprint density at radius 3 is 2.83 bits per heavy atom. The van der Waals surface area contributed by atoms with Gasteiger partial charge in [0.15, 0.2) is 5.82 Å². The minimum atomic E-state index is -0.182. The Labute approximate surface area is 69.8 Å². The van der Waals surface area contributed by atoms with Crippen LogP contribution in [0.5, 0.6) is 0 Å². The van der Waals surface area contributed by atoms with Gasteiger partial charge in [-0.05, 0) is 19.8 Å². The molecular formula is C7H11N3O2. The standard InChI is InChI=1S/C7H11N3O2/c1-5-8-6(12-10-5)9-7(4-11)2-3-7/h11H,2-4H2,1H3,(H,8,9,10). The van der Waals surface area contributed by atoms with Gasteiger partial charge in [-0.2, -0.15) is 4.98 Å². The number of aliphatic hydroxyl groups is 1. The van der Waals surface area contributed by atoms with E-state index in [0.29, 0.717) is 11.8 Å². The molecule has 0 atom stereocenters. The first-order valence-corrected chi connectivity index (χ1v) is 3.93. The number of aromatic nitrogens is 2. The number of aliphatic hydroxyl groups excluding tert-OH is 1. The summed E-state index contributed by atoms with van der Waals surface area (Å²) in [5.74, 6) is 0.603. The highest BCUT2D eigenvalue weighted by Gasteiger charge is 2.43. The maximum atomic E-state index is 8.97. The molecule has 12 heavy (non-hydrogen) atoms. The lowest BCUT2D eigenvalue weighted by atomic mass is 10.3. The number of hydrogen-bond acceptors (Lipinski definition) is 5. The van der Waals surface area contributed by atoms with Gasteiger partial charge in [0.05, 0.1) is 12.1 Å². The molecule has 66 valence electrons. The summed E-state index contributed by atoms with van der Waals surface area (Å²) >= 11 is 0. The molecule has 5 nitrogen and oxygen atoms in total. The number of nitrogens with one attached hydrogen (secondary N) is 1.